The van der Waals surface area contributed by atoms with Gasteiger partial charge in [0.05, 0.1) is 6.04 Å². The van der Waals surface area contributed by atoms with Gasteiger partial charge in [0, 0.05) is 4.88 Å². The van der Waals surface area contributed by atoms with Crippen LogP contribution in [0.15, 0.2) is 47.8 Å². The molecule has 3 rings (SSSR count). The van der Waals surface area contributed by atoms with Crippen LogP contribution >= 0.6 is 11.3 Å². The number of nitrogens with one attached hydrogen (secondary N) is 1. The molecule has 1 unspecified atom stereocenters. The molecule has 1 fully saturated rings. The van der Waals surface area contributed by atoms with Gasteiger partial charge in [-0.25, -0.2) is 0 Å². The van der Waals surface area contributed by atoms with Gasteiger partial charge in [-0.05, 0) is 42.3 Å². The molecule has 1 aliphatic rings. The quantitative estimate of drug-likeness (QED) is 0.814. The zero-order chi connectivity index (χ0) is 13.6. The van der Waals surface area contributed by atoms with Crippen LogP contribution in [-0.2, 0) is 0 Å². The van der Waals surface area contributed by atoms with Gasteiger partial charge in [-0.3, -0.25) is 0 Å². The fourth-order valence-corrected chi connectivity index (χ4v) is 3.99. The fraction of sp³-hybridized carbons (Fsp3) is 0.444. The summed E-state index contributed by atoms with van der Waals surface area (Å²) < 4.78 is 0. The standard InChI is InChI=1S/C18H23NS/c1-3-8-15(9-4-1)14-19-18(17-12-7-13-20-17)16-10-5-2-6-11-16/h2,5-7,10-13,15,18-19H,1,3-4,8-9,14H2. The molecule has 0 saturated heterocycles. The van der Waals surface area contributed by atoms with E-state index in [0.29, 0.717) is 6.04 Å². The van der Waals surface area contributed by atoms with Crippen LogP contribution in [0.3, 0.4) is 0 Å². The second kappa shape index (κ2) is 7.05. The van der Waals surface area contributed by atoms with Crippen molar-refractivity contribution in [3.63, 3.8) is 0 Å². The lowest BCUT2D eigenvalue weighted by Crippen LogP contribution is -2.28. The molecule has 1 aliphatic carbocycles. The first-order valence-electron chi connectivity index (χ1n) is 7.75. The molecule has 0 radical (unpaired) electrons. The minimum Gasteiger partial charge on any atom is -0.305 e. The molecule has 1 N–H and O–H groups in total. The van der Waals surface area contributed by atoms with Crippen LogP contribution in [0.2, 0.25) is 0 Å². The second-order valence-corrected chi connectivity index (χ2v) is 6.75. The summed E-state index contributed by atoms with van der Waals surface area (Å²) in [5, 5.41) is 5.99. The fourth-order valence-electron chi connectivity index (χ4n) is 3.16. The molecule has 2 heteroatoms. The Labute approximate surface area is 126 Å². The van der Waals surface area contributed by atoms with Crippen LogP contribution in [0.25, 0.3) is 0 Å². The summed E-state index contributed by atoms with van der Waals surface area (Å²) in [6.45, 7) is 1.15. The summed E-state index contributed by atoms with van der Waals surface area (Å²) in [5.41, 5.74) is 1.38. The van der Waals surface area contributed by atoms with Gasteiger partial charge in [0.2, 0.25) is 0 Å². The Morgan fingerprint density at radius 1 is 1.00 bits per heavy atom. The number of rotatable bonds is 5. The lowest BCUT2D eigenvalue weighted by atomic mass is 9.89. The maximum absolute atomic E-state index is 3.82. The van der Waals surface area contributed by atoms with E-state index in [1.54, 1.807) is 0 Å². The number of hydrogen-bond donors (Lipinski definition) is 1. The number of thiophene rings is 1. The summed E-state index contributed by atoms with van der Waals surface area (Å²) >= 11 is 1.85. The first kappa shape index (κ1) is 13.8. The van der Waals surface area contributed by atoms with Crippen molar-refractivity contribution in [2.75, 3.05) is 6.54 Å². The summed E-state index contributed by atoms with van der Waals surface area (Å²) in [6, 6.07) is 15.6. The van der Waals surface area contributed by atoms with Crippen LogP contribution in [-0.4, -0.2) is 6.54 Å². The summed E-state index contributed by atoms with van der Waals surface area (Å²) in [6.07, 6.45) is 7.07. The molecule has 1 saturated carbocycles. The van der Waals surface area contributed by atoms with Gasteiger partial charge in [-0.2, -0.15) is 0 Å². The Kier molecular flexibility index (Phi) is 4.88. The van der Waals surface area contributed by atoms with Crippen LogP contribution in [0.4, 0.5) is 0 Å². The maximum atomic E-state index is 3.82. The highest BCUT2D eigenvalue weighted by molar-refractivity contribution is 7.10. The third-order valence-corrected chi connectivity index (χ3v) is 5.23. The molecule has 0 amide bonds. The van der Waals surface area contributed by atoms with E-state index in [2.05, 4.69) is 53.2 Å². The molecule has 1 aromatic carbocycles. The zero-order valence-electron chi connectivity index (χ0n) is 11.9. The van der Waals surface area contributed by atoms with Gasteiger partial charge in [0.15, 0.2) is 0 Å². The Bertz CT molecular complexity index is 485. The summed E-state index contributed by atoms with van der Waals surface area (Å²) in [5.74, 6) is 0.870. The van der Waals surface area contributed by atoms with Gasteiger partial charge in [-0.15, -0.1) is 11.3 Å². The van der Waals surface area contributed by atoms with Crippen LogP contribution < -0.4 is 5.32 Å². The van der Waals surface area contributed by atoms with E-state index in [9.17, 15) is 0 Å². The highest BCUT2D eigenvalue weighted by Gasteiger charge is 2.18. The lowest BCUT2D eigenvalue weighted by molar-refractivity contribution is 0.335. The third kappa shape index (κ3) is 3.50. The molecule has 1 aromatic heterocycles. The molecule has 106 valence electrons. The maximum Gasteiger partial charge on any atom is 0.0671 e. The van der Waals surface area contributed by atoms with Crippen molar-refractivity contribution in [2.24, 2.45) is 5.92 Å². The minimum absolute atomic E-state index is 0.359. The van der Waals surface area contributed by atoms with Gasteiger partial charge < -0.3 is 5.32 Å². The van der Waals surface area contributed by atoms with E-state index in [0.717, 1.165) is 12.5 Å². The van der Waals surface area contributed by atoms with Gasteiger partial charge in [-0.1, -0.05) is 55.7 Å². The second-order valence-electron chi connectivity index (χ2n) is 5.77. The molecular weight excluding hydrogens is 262 g/mol. The Morgan fingerprint density at radius 3 is 2.50 bits per heavy atom. The van der Waals surface area contributed by atoms with Crippen molar-refractivity contribution >= 4 is 11.3 Å². The predicted octanol–water partition coefficient (Wildman–Crippen LogP) is 5.01. The summed E-state index contributed by atoms with van der Waals surface area (Å²) in [4.78, 5) is 1.42. The van der Waals surface area contributed by atoms with E-state index in [1.165, 1.54) is 42.5 Å². The Morgan fingerprint density at radius 2 is 1.80 bits per heavy atom. The molecule has 0 aliphatic heterocycles. The van der Waals surface area contributed by atoms with Gasteiger partial charge in [0.25, 0.3) is 0 Å². The number of benzene rings is 1. The summed E-state index contributed by atoms with van der Waals surface area (Å²) in [7, 11) is 0. The highest BCUT2D eigenvalue weighted by Crippen LogP contribution is 2.28. The van der Waals surface area contributed by atoms with Crippen molar-refractivity contribution in [1.29, 1.82) is 0 Å². The van der Waals surface area contributed by atoms with Gasteiger partial charge in [0.1, 0.15) is 0 Å². The van der Waals surface area contributed by atoms with Crippen LogP contribution in [0.1, 0.15) is 48.6 Å². The first-order valence-corrected chi connectivity index (χ1v) is 8.63. The smallest absolute Gasteiger partial charge is 0.0671 e. The van der Waals surface area contributed by atoms with E-state index < -0.39 is 0 Å². The molecule has 1 heterocycles. The Hall–Kier alpha value is -1.12. The van der Waals surface area contributed by atoms with E-state index >= 15 is 0 Å². The van der Waals surface area contributed by atoms with Crippen molar-refractivity contribution in [1.82, 2.24) is 5.32 Å². The monoisotopic (exact) mass is 285 g/mol. The normalized spacial score (nSPS) is 18.0. The average Bonchev–Trinajstić information content (AvgIpc) is 3.04. The molecule has 0 bridgehead atoms. The topological polar surface area (TPSA) is 12.0 Å². The predicted molar refractivity (Wildman–Crippen MR) is 87.2 cm³/mol. The first-order chi connectivity index (χ1) is 9.93. The van der Waals surface area contributed by atoms with Crippen molar-refractivity contribution in [3.05, 3.63) is 58.3 Å². The molecule has 0 spiro atoms. The molecule has 20 heavy (non-hydrogen) atoms. The van der Waals surface area contributed by atoms with Crippen LogP contribution in [0.5, 0.6) is 0 Å². The molecule has 2 aromatic rings. The van der Waals surface area contributed by atoms with Crippen molar-refractivity contribution in [3.8, 4) is 0 Å². The van der Waals surface area contributed by atoms with Crippen molar-refractivity contribution < 1.29 is 0 Å². The third-order valence-electron chi connectivity index (χ3n) is 4.30. The van der Waals surface area contributed by atoms with E-state index in [1.807, 2.05) is 11.3 Å². The van der Waals surface area contributed by atoms with Gasteiger partial charge >= 0.3 is 0 Å². The Balaban J connectivity index is 1.69. The van der Waals surface area contributed by atoms with Crippen molar-refractivity contribution in [2.45, 2.75) is 38.1 Å². The zero-order valence-corrected chi connectivity index (χ0v) is 12.7. The van der Waals surface area contributed by atoms with E-state index in [4.69, 9.17) is 0 Å². The lowest BCUT2D eigenvalue weighted by Gasteiger charge is -2.25. The minimum atomic E-state index is 0.359. The molecule has 1 nitrogen and oxygen atoms in total. The highest BCUT2D eigenvalue weighted by atomic mass is 32.1. The SMILES string of the molecule is c1ccc(C(NCC2CCCCC2)c2cccs2)cc1. The van der Waals surface area contributed by atoms with E-state index in [-0.39, 0.29) is 0 Å². The average molecular weight is 285 g/mol. The largest absolute Gasteiger partial charge is 0.305 e. The van der Waals surface area contributed by atoms with Crippen LogP contribution in [0, 0.1) is 5.92 Å². The molecular formula is C18H23NS. The molecule has 1 atom stereocenters. The number of hydrogen-bond acceptors (Lipinski definition) is 2.